The smallest absolute Gasteiger partial charge is 0.194 e. The van der Waals surface area contributed by atoms with Gasteiger partial charge in [-0.05, 0) is 35.9 Å². The quantitative estimate of drug-likeness (QED) is 0.577. The van der Waals surface area contributed by atoms with E-state index in [0.717, 1.165) is 11.6 Å². The van der Waals surface area contributed by atoms with E-state index in [-0.39, 0.29) is 12.0 Å². The number of benzene rings is 2. The maximum Gasteiger partial charge on any atom is 0.194 e. The fourth-order valence-electron chi connectivity index (χ4n) is 2.02. The SMILES string of the molecule is Nc1ccc(-c2n[nH]c(Cc3ccc(F)c(F)c3F)n2)cc1. The highest BCUT2D eigenvalue weighted by atomic mass is 19.2. The van der Waals surface area contributed by atoms with Gasteiger partial charge >= 0.3 is 0 Å². The molecule has 3 rings (SSSR count). The summed E-state index contributed by atoms with van der Waals surface area (Å²) >= 11 is 0. The number of nitrogens with zero attached hydrogens (tertiary/aromatic N) is 2. The summed E-state index contributed by atoms with van der Waals surface area (Å²) in [5.41, 5.74) is 6.95. The Morgan fingerprint density at radius 1 is 0.955 bits per heavy atom. The molecule has 0 radical (unpaired) electrons. The van der Waals surface area contributed by atoms with E-state index in [1.807, 2.05) is 0 Å². The Balaban J connectivity index is 1.86. The number of hydrogen-bond acceptors (Lipinski definition) is 3. The third-order valence-corrected chi connectivity index (χ3v) is 3.17. The van der Waals surface area contributed by atoms with Crippen molar-refractivity contribution in [2.24, 2.45) is 0 Å². The van der Waals surface area contributed by atoms with Crippen LogP contribution in [0, 0.1) is 17.5 Å². The first kappa shape index (κ1) is 14.1. The van der Waals surface area contributed by atoms with E-state index in [0.29, 0.717) is 17.3 Å². The second-order valence-electron chi connectivity index (χ2n) is 4.74. The number of aromatic amines is 1. The minimum absolute atomic E-state index is 0.00101. The first-order valence-electron chi connectivity index (χ1n) is 6.44. The second-order valence-corrected chi connectivity index (χ2v) is 4.74. The van der Waals surface area contributed by atoms with Crippen molar-refractivity contribution in [3.8, 4) is 11.4 Å². The van der Waals surface area contributed by atoms with Crippen molar-refractivity contribution in [1.82, 2.24) is 15.2 Å². The molecule has 0 amide bonds. The predicted molar refractivity (Wildman–Crippen MR) is 75.4 cm³/mol. The van der Waals surface area contributed by atoms with Crippen LogP contribution in [0.15, 0.2) is 36.4 Å². The molecule has 0 aliphatic carbocycles. The molecular weight excluding hydrogens is 293 g/mol. The molecule has 7 heteroatoms. The molecule has 0 bridgehead atoms. The highest BCUT2D eigenvalue weighted by Gasteiger charge is 2.15. The molecule has 4 nitrogen and oxygen atoms in total. The lowest BCUT2D eigenvalue weighted by Crippen LogP contribution is -2.00. The van der Waals surface area contributed by atoms with Gasteiger partial charge in [-0.25, -0.2) is 18.2 Å². The van der Waals surface area contributed by atoms with Gasteiger partial charge in [0.2, 0.25) is 0 Å². The van der Waals surface area contributed by atoms with Crippen LogP contribution in [-0.2, 0) is 6.42 Å². The molecule has 112 valence electrons. The molecule has 0 spiro atoms. The van der Waals surface area contributed by atoms with Gasteiger partial charge in [0.15, 0.2) is 23.3 Å². The van der Waals surface area contributed by atoms with E-state index in [9.17, 15) is 13.2 Å². The van der Waals surface area contributed by atoms with E-state index < -0.39 is 17.5 Å². The summed E-state index contributed by atoms with van der Waals surface area (Å²) in [5, 5.41) is 6.67. The van der Waals surface area contributed by atoms with Gasteiger partial charge < -0.3 is 5.73 Å². The molecule has 2 aromatic carbocycles. The minimum Gasteiger partial charge on any atom is -0.399 e. The zero-order valence-corrected chi connectivity index (χ0v) is 11.3. The Kier molecular flexibility index (Phi) is 3.54. The van der Waals surface area contributed by atoms with Crippen molar-refractivity contribution in [1.29, 1.82) is 0 Å². The third-order valence-electron chi connectivity index (χ3n) is 3.17. The number of aromatic nitrogens is 3. The zero-order chi connectivity index (χ0) is 15.7. The maximum atomic E-state index is 13.6. The van der Waals surface area contributed by atoms with Crippen molar-refractivity contribution in [3.63, 3.8) is 0 Å². The molecule has 0 saturated carbocycles. The monoisotopic (exact) mass is 304 g/mol. The van der Waals surface area contributed by atoms with Gasteiger partial charge in [-0.2, -0.15) is 5.10 Å². The van der Waals surface area contributed by atoms with Crippen LogP contribution in [0.2, 0.25) is 0 Å². The number of nitrogen functional groups attached to an aromatic ring is 1. The highest BCUT2D eigenvalue weighted by Crippen LogP contribution is 2.19. The summed E-state index contributed by atoms with van der Waals surface area (Å²) in [6, 6.07) is 8.98. The van der Waals surface area contributed by atoms with Crippen LogP contribution in [0.4, 0.5) is 18.9 Å². The molecular formula is C15H11F3N4. The van der Waals surface area contributed by atoms with Gasteiger partial charge in [0.05, 0.1) is 0 Å². The van der Waals surface area contributed by atoms with Gasteiger partial charge in [-0.3, -0.25) is 5.10 Å². The number of anilines is 1. The summed E-state index contributed by atoms with van der Waals surface area (Å²) in [7, 11) is 0. The van der Waals surface area contributed by atoms with Gasteiger partial charge in [-0.15, -0.1) is 0 Å². The van der Waals surface area contributed by atoms with Crippen molar-refractivity contribution in [2.45, 2.75) is 6.42 Å². The van der Waals surface area contributed by atoms with Gasteiger partial charge in [0, 0.05) is 17.7 Å². The van der Waals surface area contributed by atoms with Crippen LogP contribution >= 0.6 is 0 Å². The van der Waals surface area contributed by atoms with E-state index in [1.54, 1.807) is 24.3 Å². The number of rotatable bonds is 3. The van der Waals surface area contributed by atoms with Gasteiger partial charge in [-0.1, -0.05) is 6.07 Å². The van der Waals surface area contributed by atoms with Crippen molar-refractivity contribution >= 4 is 5.69 Å². The summed E-state index contributed by atoms with van der Waals surface area (Å²) in [6.45, 7) is 0. The van der Waals surface area contributed by atoms with Crippen molar-refractivity contribution in [3.05, 3.63) is 65.2 Å². The lowest BCUT2D eigenvalue weighted by Gasteiger charge is -2.02. The van der Waals surface area contributed by atoms with Gasteiger partial charge in [0.25, 0.3) is 0 Å². The molecule has 0 fully saturated rings. The van der Waals surface area contributed by atoms with Gasteiger partial charge in [0.1, 0.15) is 5.82 Å². The third kappa shape index (κ3) is 2.65. The standard InChI is InChI=1S/C15H11F3N4/c16-11-6-3-9(13(17)14(11)18)7-12-20-15(22-21-12)8-1-4-10(19)5-2-8/h1-6H,7,19H2,(H,20,21,22). The average Bonchev–Trinajstić information content (AvgIpc) is 2.97. The molecule has 22 heavy (non-hydrogen) atoms. The van der Waals surface area contributed by atoms with Crippen LogP contribution in [0.1, 0.15) is 11.4 Å². The van der Waals surface area contributed by atoms with E-state index in [2.05, 4.69) is 15.2 Å². The fraction of sp³-hybridized carbons (Fsp3) is 0.0667. The second kappa shape index (κ2) is 5.51. The Morgan fingerprint density at radius 3 is 2.41 bits per heavy atom. The largest absolute Gasteiger partial charge is 0.399 e. The summed E-state index contributed by atoms with van der Waals surface area (Å²) < 4.78 is 39.7. The Labute approximate surface area is 123 Å². The molecule has 3 aromatic rings. The summed E-state index contributed by atoms with van der Waals surface area (Å²) in [5.74, 6) is -3.17. The zero-order valence-electron chi connectivity index (χ0n) is 11.3. The molecule has 0 unspecified atom stereocenters. The normalized spacial score (nSPS) is 10.9. The molecule has 1 aromatic heterocycles. The number of nitrogens with two attached hydrogens (primary N) is 1. The Bertz CT molecular complexity index is 812. The number of H-pyrrole nitrogens is 1. The van der Waals surface area contributed by atoms with Crippen LogP contribution in [0.5, 0.6) is 0 Å². The van der Waals surface area contributed by atoms with E-state index in [4.69, 9.17) is 5.73 Å². The molecule has 0 aliphatic rings. The molecule has 0 atom stereocenters. The number of halogens is 3. The number of nitrogens with one attached hydrogen (secondary N) is 1. The van der Waals surface area contributed by atoms with E-state index in [1.165, 1.54) is 6.07 Å². The lowest BCUT2D eigenvalue weighted by atomic mass is 10.1. The lowest BCUT2D eigenvalue weighted by molar-refractivity contribution is 0.441. The molecule has 0 aliphatic heterocycles. The Hall–Kier alpha value is -2.83. The van der Waals surface area contributed by atoms with Crippen LogP contribution in [-0.4, -0.2) is 15.2 Å². The first-order valence-corrected chi connectivity index (χ1v) is 6.44. The number of hydrogen-bond donors (Lipinski definition) is 2. The predicted octanol–water partition coefficient (Wildman–Crippen LogP) is 3.06. The topological polar surface area (TPSA) is 67.6 Å². The van der Waals surface area contributed by atoms with Crippen LogP contribution in [0.3, 0.4) is 0 Å². The first-order chi connectivity index (χ1) is 10.5. The van der Waals surface area contributed by atoms with E-state index >= 15 is 0 Å². The minimum atomic E-state index is -1.49. The van der Waals surface area contributed by atoms with Crippen molar-refractivity contribution < 1.29 is 13.2 Å². The fourth-order valence-corrected chi connectivity index (χ4v) is 2.02. The Morgan fingerprint density at radius 2 is 1.68 bits per heavy atom. The van der Waals surface area contributed by atoms with Crippen molar-refractivity contribution in [2.75, 3.05) is 5.73 Å². The molecule has 0 saturated heterocycles. The van der Waals surface area contributed by atoms with Crippen LogP contribution in [0.25, 0.3) is 11.4 Å². The summed E-state index contributed by atoms with van der Waals surface area (Å²) in [6.07, 6.45) is -0.0228. The molecule has 3 N–H and O–H groups in total. The average molecular weight is 304 g/mol. The highest BCUT2D eigenvalue weighted by molar-refractivity contribution is 5.58. The maximum absolute atomic E-state index is 13.6. The summed E-state index contributed by atoms with van der Waals surface area (Å²) in [4.78, 5) is 4.21. The van der Waals surface area contributed by atoms with Crippen LogP contribution < -0.4 is 5.73 Å². The molecule has 1 heterocycles.